The van der Waals surface area contributed by atoms with E-state index in [1.54, 1.807) is 0 Å². The number of ether oxygens (including phenoxy) is 1. The lowest BCUT2D eigenvalue weighted by Gasteiger charge is -2.47. The first kappa shape index (κ1) is 24.8. The largest absolute Gasteiger partial charge is 0.490 e. The van der Waals surface area contributed by atoms with Crippen LogP contribution in [0.4, 0.5) is 23.5 Å². The highest BCUT2D eigenvalue weighted by atomic mass is 19.4. The predicted octanol–water partition coefficient (Wildman–Crippen LogP) is 2.82. The number of aliphatic carboxylic acids is 1. The Morgan fingerprint density at radius 1 is 1.18 bits per heavy atom. The number of carboxylic acid groups (broad SMARTS) is 1. The van der Waals surface area contributed by atoms with E-state index in [0.29, 0.717) is 12.6 Å². The molecule has 4 heterocycles. The molecular weight excluding hydrogens is 446 g/mol. The van der Waals surface area contributed by atoms with E-state index < -0.39 is 18.0 Å². The van der Waals surface area contributed by atoms with E-state index in [-0.39, 0.29) is 5.60 Å². The standard InChI is InChI=1S/C19H24FN5O.C2HF3O2/c1-15-3-2-4-17(23-15)13-24-7-5-19(6-8-24)14-25(9-10-26-19)18-21-11-16(20)12-22-18;3-2(4,5)1(6)7/h2-4,11-12H,5-10,13-14H2,1H3;(H,6,7). The third kappa shape index (κ3) is 7.06. The van der Waals surface area contributed by atoms with Gasteiger partial charge in [0.05, 0.1) is 36.8 Å². The maximum atomic E-state index is 13.1. The van der Waals surface area contributed by atoms with Crippen molar-refractivity contribution in [1.82, 2.24) is 19.9 Å². The minimum absolute atomic E-state index is 0.160. The molecular formula is C21H25F4N5O3. The van der Waals surface area contributed by atoms with Gasteiger partial charge in [0.15, 0.2) is 5.82 Å². The van der Waals surface area contributed by atoms with Crippen LogP contribution in [0.15, 0.2) is 30.6 Å². The maximum Gasteiger partial charge on any atom is 0.490 e. The van der Waals surface area contributed by atoms with Gasteiger partial charge in [-0.1, -0.05) is 6.07 Å². The van der Waals surface area contributed by atoms with E-state index in [1.165, 1.54) is 12.4 Å². The van der Waals surface area contributed by atoms with Gasteiger partial charge in [0.2, 0.25) is 5.95 Å². The molecule has 0 radical (unpaired) electrons. The summed E-state index contributed by atoms with van der Waals surface area (Å²) in [7, 11) is 0. The molecule has 0 saturated carbocycles. The number of aromatic nitrogens is 3. The van der Waals surface area contributed by atoms with Crippen LogP contribution < -0.4 is 4.90 Å². The average molecular weight is 471 g/mol. The lowest BCUT2D eigenvalue weighted by molar-refractivity contribution is -0.192. The van der Waals surface area contributed by atoms with Crippen molar-refractivity contribution in [2.24, 2.45) is 0 Å². The van der Waals surface area contributed by atoms with E-state index >= 15 is 0 Å². The molecule has 0 aromatic carbocycles. The summed E-state index contributed by atoms with van der Waals surface area (Å²) in [5.41, 5.74) is 2.01. The second-order valence-corrected chi connectivity index (χ2v) is 8.00. The van der Waals surface area contributed by atoms with Crippen molar-refractivity contribution in [3.05, 3.63) is 47.8 Å². The van der Waals surface area contributed by atoms with Crippen molar-refractivity contribution in [1.29, 1.82) is 0 Å². The summed E-state index contributed by atoms with van der Waals surface area (Å²) < 4.78 is 51.0. The molecule has 8 nitrogen and oxygen atoms in total. The number of hydrogen-bond acceptors (Lipinski definition) is 7. The molecule has 12 heteroatoms. The zero-order chi connectivity index (χ0) is 24.1. The number of carboxylic acids is 1. The van der Waals surface area contributed by atoms with Crippen LogP contribution in [0.2, 0.25) is 0 Å². The number of anilines is 1. The minimum atomic E-state index is -5.08. The minimum Gasteiger partial charge on any atom is -0.475 e. The molecule has 0 atom stereocenters. The van der Waals surface area contributed by atoms with Gasteiger partial charge in [-0.25, -0.2) is 19.2 Å². The molecule has 0 aliphatic carbocycles. The summed E-state index contributed by atoms with van der Waals surface area (Å²) >= 11 is 0. The van der Waals surface area contributed by atoms with Crippen molar-refractivity contribution >= 4 is 11.9 Å². The first-order valence-electron chi connectivity index (χ1n) is 10.4. The highest BCUT2D eigenvalue weighted by molar-refractivity contribution is 5.73. The summed E-state index contributed by atoms with van der Waals surface area (Å²) in [6, 6.07) is 6.17. The summed E-state index contributed by atoms with van der Waals surface area (Å²) in [5, 5.41) is 7.12. The Labute approximate surface area is 188 Å². The lowest BCUT2D eigenvalue weighted by Crippen LogP contribution is -2.57. The Bertz CT molecular complexity index is 934. The Kier molecular flexibility index (Phi) is 7.80. The van der Waals surface area contributed by atoms with Crippen LogP contribution >= 0.6 is 0 Å². The number of aryl methyl sites for hydroxylation is 1. The molecule has 2 aromatic rings. The molecule has 0 bridgehead atoms. The first-order chi connectivity index (χ1) is 15.6. The van der Waals surface area contributed by atoms with Gasteiger partial charge in [-0.3, -0.25) is 9.88 Å². The number of nitrogens with zero attached hydrogens (tertiary/aromatic N) is 5. The topological polar surface area (TPSA) is 91.7 Å². The fourth-order valence-corrected chi connectivity index (χ4v) is 3.82. The van der Waals surface area contributed by atoms with Gasteiger partial charge < -0.3 is 14.7 Å². The van der Waals surface area contributed by atoms with Crippen molar-refractivity contribution in [2.75, 3.05) is 37.7 Å². The van der Waals surface area contributed by atoms with Gasteiger partial charge >= 0.3 is 12.1 Å². The van der Waals surface area contributed by atoms with E-state index in [4.69, 9.17) is 14.6 Å². The summed E-state index contributed by atoms with van der Waals surface area (Å²) in [6.07, 6.45) is -0.698. The van der Waals surface area contributed by atoms with Crippen LogP contribution in [-0.4, -0.2) is 75.5 Å². The SMILES string of the molecule is Cc1cccc(CN2CCC3(CC2)CN(c2ncc(F)cn2)CCO3)n1.O=C(O)C(F)(F)F. The predicted molar refractivity (Wildman–Crippen MR) is 110 cm³/mol. The van der Waals surface area contributed by atoms with Crippen molar-refractivity contribution in [3.8, 4) is 0 Å². The second kappa shape index (κ2) is 10.4. The molecule has 33 heavy (non-hydrogen) atoms. The van der Waals surface area contributed by atoms with Crippen LogP contribution in [0, 0.1) is 12.7 Å². The quantitative estimate of drug-likeness (QED) is 0.684. The average Bonchev–Trinajstić information content (AvgIpc) is 2.76. The van der Waals surface area contributed by atoms with Crippen LogP contribution in [0.25, 0.3) is 0 Å². The van der Waals surface area contributed by atoms with Crippen LogP contribution in [0.3, 0.4) is 0 Å². The number of piperidine rings is 1. The fraction of sp³-hybridized carbons (Fsp3) is 0.524. The lowest BCUT2D eigenvalue weighted by atomic mass is 9.89. The fourth-order valence-electron chi connectivity index (χ4n) is 3.82. The summed E-state index contributed by atoms with van der Waals surface area (Å²) in [5.74, 6) is -2.58. The molecule has 2 aromatic heterocycles. The number of alkyl halides is 3. The van der Waals surface area contributed by atoms with Crippen LogP contribution in [-0.2, 0) is 16.1 Å². The van der Waals surface area contributed by atoms with Crippen LogP contribution in [0.1, 0.15) is 24.2 Å². The molecule has 1 N–H and O–H groups in total. The number of carbonyl (C=O) groups is 1. The summed E-state index contributed by atoms with van der Waals surface area (Å²) in [4.78, 5) is 26.3. The highest BCUT2D eigenvalue weighted by Crippen LogP contribution is 2.31. The van der Waals surface area contributed by atoms with Gasteiger partial charge in [0, 0.05) is 31.9 Å². The molecule has 0 amide bonds. The Morgan fingerprint density at radius 3 is 2.39 bits per heavy atom. The first-order valence-corrected chi connectivity index (χ1v) is 10.4. The molecule has 2 saturated heterocycles. The number of pyridine rings is 1. The van der Waals surface area contributed by atoms with E-state index in [9.17, 15) is 17.6 Å². The third-order valence-electron chi connectivity index (χ3n) is 5.48. The van der Waals surface area contributed by atoms with E-state index in [1.807, 2.05) is 13.0 Å². The molecule has 2 aliphatic rings. The molecule has 2 fully saturated rings. The van der Waals surface area contributed by atoms with E-state index in [2.05, 4.69) is 36.9 Å². The molecule has 180 valence electrons. The van der Waals surface area contributed by atoms with Gasteiger partial charge in [0.1, 0.15) is 0 Å². The molecule has 1 spiro atoms. The normalized spacial score (nSPS) is 18.5. The van der Waals surface area contributed by atoms with E-state index in [0.717, 1.165) is 57.0 Å². The summed E-state index contributed by atoms with van der Waals surface area (Å²) in [6.45, 7) is 7.01. The monoisotopic (exact) mass is 471 g/mol. The number of halogens is 4. The van der Waals surface area contributed by atoms with Crippen molar-refractivity contribution in [3.63, 3.8) is 0 Å². The Hall–Kier alpha value is -2.86. The zero-order valence-electron chi connectivity index (χ0n) is 18.1. The van der Waals surface area contributed by atoms with Gasteiger partial charge in [-0.05, 0) is 31.9 Å². The van der Waals surface area contributed by atoms with Crippen molar-refractivity contribution < 1.29 is 32.2 Å². The number of morpholine rings is 1. The maximum absolute atomic E-state index is 13.1. The number of rotatable bonds is 3. The molecule has 0 unspecified atom stereocenters. The zero-order valence-corrected chi connectivity index (χ0v) is 18.1. The van der Waals surface area contributed by atoms with Gasteiger partial charge in [-0.2, -0.15) is 13.2 Å². The molecule has 4 rings (SSSR count). The van der Waals surface area contributed by atoms with Gasteiger partial charge in [0.25, 0.3) is 0 Å². The van der Waals surface area contributed by atoms with Crippen molar-refractivity contribution in [2.45, 2.75) is 38.1 Å². The number of likely N-dealkylation sites (tertiary alicyclic amines) is 1. The Balaban J connectivity index is 0.000000383. The highest BCUT2D eigenvalue weighted by Gasteiger charge is 2.40. The molecule has 2 aliphatic heterocycles. The third-order valence-corrected chi connectivity index (χ3v) is 5.48. The smallest absolute Gasteiger partial charge is 0.475 e. The van der Waals surface area contributed by atoms with Crippen LogP contribution in [0.5, 0.6) is 0 Å². The second-order valence-electron chi connectivity index (χ2n) is 8.00. The van der Waals surface area contributed by atoms with Gasteiger partial charge in [-0.15, -0.1) is 0 Å². The number of hydrogen-bond donors (Lipinski definition) is 1. The Morgan fingerprint density at radius 2 is 1.82 bits per heavy atom.